The third-order valence-electron chi connectivity index (χ3n) is 5.43. The van der Waals surface area contributed by atoms with Gasteiger partial charge in [0.25, 0.3) is 5.91 Å². The Kier molecular flexibility index (Phi) is 9.40. The largest absolute Gasteiger partial charge is 0.497 e. The van der Waals surface area contributed by atoms with Gasteiger partial charge < -0.3 is 19.1 Å². The van der Waals surface area contributed by atoms with Gasteiger partial charge in [-0.25, -0.2) is 0 Å². The molecule has 1 amide bonds. The molecule has 0 aliphatic heterocycles. The number of amides is 1. The van der Waals surface area contributed by atoms with Crippen LogP contribution in [0.4, 0.5) is 0 Å². The number of carbonyl (C=O) groups excluding carboxylic acids is 2. The van der Waals surface area contributed by atoms with Crippen LogP contribution in [0.2, 0.25) is 10.0 Å². The molecule has 0 atom stereocenters. The lowest BCUT2D eigenvalue weighted by Crippen LogP contribution is -2.34. The number of methoxy groups -OCH3 is 2. The molecule has 0 radical (unpaired) electrons. The molecule has 35 heavy (non-hydrogen) atoms. The Labute approximate surface area is 215 Å². The van der Waals surface area contributed by atoms with Gasteiger partial charge >= 0.3 is 5.97 Å². The first-order valence-corrected chi connectivity index (χ1v) is 11.8. The van der Waals surface area contributed by atoms with Crippen molar-refractivity contribution in [2.24, 2.45) is 0 Å². The predicted molar refractivity (Wildman–Crippen MR) is 137 cm³/mol. The van der Waals surface area contributed by atoms with E-state index in [1.165, 1.54) is 7.11 Å². The number of ether oxygens (including phenoxy) is 3. The predicted octanol–water partition coefficient (Wildman–Crippen LogP) is 5.81. The highest BCUT2D eigenvalue weighted by atomic mass is 35.5. The second kappa shape index (κ2) is 12.5. The number of rotatable bonds is 10. The fourth-order valence-corrected chi connectivity index (χ4v) is 3.97. The maximum Gasteiger partial charge on any atom is 0.309 e. The van der Waals surface area contributed by atoms with Crippen LogP contribution < -0.4 is 9.47 Å². The quantitative estimate of drug-likeness (QED) is 0.318. The van der Waals surface area contributed by atoms with Crippen LogP contribution in [0.3, 0.4) is 0 Å². The number of hydrogen-bond acceptors (Lipinski definition) is 5. The van der Waals surface area contributed by atoms with Gasteiger partial charge in [0.05, 0.1) is 20.6 Å². The highest BCUT2D eigenvalue weighted by molar-refractivity contribution is 6.31. The summed E-state index contributed by atoms with van der Waals surface area (Å²) < 4.78 is 15.9. The van der Waals surface area contributed by atoms with E-state index >= 15 is 0 Å². The first-order chi connectivity index (χ1) is 16.8. The van der Waals surface area contributed by atoms with Crippen LogP contribution in [-0.4, -0.2) is 44.1 Å². The SMILES string of the molecule is CCN(Cc1ccc(OC)cc1-c1cc(Cl)cc(CC(=O)OC)c1)C(=O)COc1ccc(Cl)cc1. The summed E-state index contributed by atoms with van der Waals surface area (Å²) in [7, 11) is 2.94. The van der Waals surface area contributed by atoms with Crippen LogP contribution in [0.5, 0.6) is 11.5 Å². The van der Waals surface area contributed by atoms with Crippen molar-refractivity contribution < 1.29 is 23.8 Å². The Balaban J connectivity index is 1.86. The molecule has 0 aliphatic rings. The van der Waals surface area contributed by atoms with Gasteiger partial charge in [-0.3, -0.25) is 9.59 Å². The van der Waals surface area contributed by atoms with Crippen LogP contribution in [0.25, 0.3) is 11.1 Å². The van der Waals surface area contributed by atoms with E-state index in [1.807, 2.05) is 37.3 Å². The first-order valence-electron chi connectivity index (χ1n) is 11.0. The summed E-state index contributed by atoms with van der Waals surface area (Å²) in [4.78, 5) is 26.4. The van der Waals surface area contributed by atoms with Gasteiger partial charge in [-0.05, 0) is 77.7 Å². The highest BCUT2D eigenvalue weighted by Crippen LogP contribution is 2.32. The van der Waals surface area contributed by atoms with Gasteiger partial charge in [0.2, 0.25) is 0 Å². The van der Waals surface area contributed by atoms with Gasteiger partial charge in [-0.15, -0.1) is 0 Å². The van der Waals surface area contributed by atoms with Crippen LogP contribution in [-0.2, 0) is 27.3 Å². The summed E-state index contributed by atoms with van der Waals surface area (Å²) >= 11 is 12.3. The van der Waals surface area contributed by atoms with Gasteiger partial charge in [0.15, 0.2) is 6.61 Å². The Bertz CT molecular complexity index is 1180. The van der Waals surface area contributed by atoms with E-state index in [4.69, 9.17) is 37.4 Å². The second-order valence-corrected chi connectivity index (χ2v) is 8.65. The average Bonchev–Trinajstić information content (AvgIpc) is 2.86. The summed E-state index contributed by atoms with van der Waals surface area (Å²) in [6.45, 7) is 2.67. The minimum Gasteiger partial charge on any atom is -0.497 e. The maximum absolute atomic E-state index is 12.9. The molecule has 184 valence electrons. The van der Waals surface area contributed by atoms with Gasteiger partial charge in [0.1, 0.15) is 11.5 Å². The molecule has 0 spiro atoms. The third kappa shape index (κ3) is 7.38. The minimum atomic E-state index is -0.354. The van der Waals surface area contributed by atoms with Crippen LogP contribution in [0.15, 0.2) is 60.7 Å². The Morgan fingerprint density at radius 3 is 2.26 bits per heavy atom. The molecule has 0 heterocycles. The van der Waals surface area contributed by atoms with Crippen molar-refractivity contribution in [1.82, 2.24) is 4.90 Å². The van der Waals surface area contributed by atoms with Crippen molar-refractivity contribution in [2.75, 3.05) is 27.4 Å². The average molecular weight is 516 g/mol. The van der Waals surface area contributed by atoms with E-state index in [0.29, 0.717) is 34.6 Å². The third-order valence-corrected chi connectivity index (χ3v) is 5.90. The molecule has 3 rings (SSSR count). The lowest BCUT2D eigenvalue weighted by atomic mass is 9.96. The zero-order chi connectivity index (χ0) is 25.4. The number of esters is 1. The Hall–Kier alpha value is -3.22. The first kappa shape index (κ1) is 26.4. The monoisotopic (exact) mass is 515 g/mol. The van der Waals surface area contributed by atoms with Crippen LogP contribution in [0.1, 0.15) is 18.1 Å². The maximum atomic E-state index is 12.9. The number of halogens is 2. The zero-order valence-electron chi connectivity index (χ0n) is 19.8. The summed E-state index contributed by atoms with van der Waals surface area (Å²) in [5.41, 5.74) is 3.29. The fourth-order valence-electron chi connectivity index (χ4n) is 3.59. The molecule has 0 saturated heterocycles. The molecule has 0 N–H and O–H groups in total. The van der Waals surface area contributed by atoms with Crippen molar-refractivity contribution in [3.05, 3.63) is 81.8 Å². The Morgan fingerprint density at radius 2 is 1.60 bits per heavy atom. The van der Waals surface area contributed by atoms with Crippen molar-refractivity contribution in [3.63, 3.8) is 0 Å². The van der Waals surface area contributed by atoms with E-state index < -0.39 is 0 Å². The normalized spacial score (nSPS) is 10.5. The molecular formula is C27H27Cl2NO5. The van der Waals surface area contributed by atoms with Crippen molar-refractivity contribution in [2.45, 2.75) is 19.9 Å². The lowest BCUT2D eigenvalue weighted by Gasteiger charge is -2.23. The number of nitrogens with zero attached hydrogens (tertiary/aromatic N) is 1. The van der Waals surface area contributed by atoms with Gasteiger partial charge in [-0.1, -0.05) is 35.3 Å². The number of benzene rings is 3. The Morgan fingerprint density at radius 1 is 0.886 bits per heavy atom. The summed E-state index contributed by atoms with van der Waals surface area (Å²) in [5, 5.41) is 1.09. The topological polar surface area (TPSA) is 65.1 Å². The van der Waals surface area contributed by atoms with E-state index in [9.17, 15) is 9.59 Å². The van der Waals surface area contributed by atoms with E-state index in [-0.39, 0.29) is 24.9 Å². The van der Waals surface area contributed by atoms with Crippen molar-refractivity contribution in [1.29, 1.82) is 0 Å². The number of hydrogen-bond donors (Lipinski definition) is 0. The molecule has 3 aromatic rings. The lowest BCUT2D eigenvalue weighted by molar-refractivity contribution is -0.139. The fraction of sp³-hybridized carbons (Fsp3) is 0.259. The van der Waals surface area contributed by atoms with E-state index in [0.717, 1.165) is 22.3 Å². The smallest absolute Gasteiger partial charge is 0.309 e. The molecule has 3 aromatic carbocycles. The van der Waals surface area contributed by atoms with Gasteiger partial charge in [-0.2, -0.15) is 0 Å². The summed E-state index contributed by atoms with van der Waals surface area (Å²) in [6, 6.07) is 18.0. The number of carbonyl (C=O) groups is 2. The van der Waals surface area contributed by atoms with Crippen molar-refractivity contribution >= 4 is 35.1 Å². The second-order valence-electron chi connectivity index (χ2n) is 7.77. The van der Waals surface area contributed by atoms with Crippen molar-refractivity contribution in [3.8, 4) is 22.6 Å². The minimum absolute atomic E-state index is 0.0958. The molecule has 0 unspecified atom stereocenters. The molecular weight excluding hydrogens is 489 g/mol. The molecule has 0 saturated carbocycles. The van der Waals surface area contributed by atoms with Gasteiger partial charge in [0, 0.05) is 23.1 Å². The molecule has 0 aliphatic carbocycles. The number of likely N-dealkylation sites (N-methyl/N-ethyl adjacent to an activating group) is 1. The molecule has 0 fully saturated rings. The summed E-state index contributed by atoms with van der Waals surface area (Å²) in [5.74, 6) is 0.730. The molecule has 6 nitrogen and oxygen atoms in total. The van der Waals surface area contributed by atoms with E-state index in [2.05, 4.69) is 0 Å². The highest BCUT2D eigenvalue weighted by Gasteiger charge is 2.17. The molecule has 0 bridgehead atoms. The summed E-state index contributed by atoms with van der Waals surface area (Å²) in [6.07, 6.45) is 0.102. The van der Waals surface area contributed by atoms with Crippen LogP contribution in [0, 0.1) is 0 Å². The standard InChI is InChI=1S/C27H27Cl2NO5/c1-4-30(26(31)17-35-23-9-6-21(28)7-10-23)16-19-5-8-24(33-2)15-25(19)20-11-18(12-22(29)14-20)13-27(32)34-3/h5-12,14-15H,4,13,16-17H2,1-3H3. The van der Waals surface area contributed by atoms with E-state index in [1.54, 1.807) is 42.3 Å². The molecule has 8 heteroatoms. The van der Waals surface area contributed by atoms with Crippen LogP contribution >= 0.6 is 23.2 Å². The molecule has 0 aromatic heterocycles. The zero-order valence-corrected chi connectivity index (χ0v) is 21.4.